The minimum Gasteiger partial charge on any atom is -0.383 e. The molecule has 2 rings (SSSR count). The topological polar surface area (TPSA) is 37.4 Å². The zero-order chi connectivity index (χ0) is 14.9. The van der Waals surface area contributed by atoms with E-state index in [1.807, 2.05) is 6.20 Å². The smallest absolute Gasteiger partial charge is 0.128 e. The summed E-state index contributed by atoms with van der Waals surface area (Å²) in [7, 11) is 3.91. The number of hydrogen-bond acceptors (Lipinski definition) is 4. The summed E-state index contributed by atoms with van der Waals surface area (Å²) in [6, 6.07) is 4.98. The summed E-state index contributed by atoms with van der Waals surface area (Å²) in [4.78, 5) is 7.01. The van der Waals surface area contributed by atoms with Crippen molar-refractivity contribution in [3.05, 3.63) is 23.9 Å². The molecule has 1 aliphatic rings. The summed E-state index contributed by atoms with van der Waals surface area (Å²) in [5, 5.41) is 3.34. The summed E-state index contributed by atoms with van der Waals surface area (Å²) < 4.78 is 5.02. The third-order valence-corrected chi connectivity index (χ3v) is 4.35. The molecule has 1 aromatic heterocycles. The number of nitrogens with zero attached hydrogens (tertiary/aromatic N) is 2. The van der Waals surface area contributed by atoms with Crippen LogP contribution in [0, 0.1) is 0 Å². The Bertz CT molecular complexity index is 386. The molecule has 1 aromatic rings. The van der Waals surface area contributed by atoms with E-state index in [4.69, 9.17) is 4.74 Å². The second-order valence-electron chi connectivity index (χ2n) is 5.95. The fourth-order valence-corrected chi connectivity index (χ4v) is 2.97. The van der Waals surface area contributed by atoms with Gasteiger partial charge in [-0.15, -0.1) is 0 Å². The maximum atomic E-state index is 5.02. The molecule has 21 heavy (non-hydrogen) atoms. The Morgan fingerprint density at radius 1 is 1.24 bits per heavy atom. The number of nitrogens with one attached hydrogen (secondary N) is 1. The lowest BCUT2D eigenvalue weighted by Gasteiger charge is -2.28. The molecule has 0 aromatic carbocycles. The van der Waals surface area contributed by atoms with Crippen LogP contribution in [0.4, 0.5) is 5.82 Å². The van der Waals surface area contributed by atoms with Crippen LogP contribution >= 0.6 is 0 Å². The van der Waals surface area contributed by atoms with Gasteiger partial charge in [-0.1, -0.05) is 31.7 Å². The standard InChI is InChI=1S/C17H29N3O/c1-20(16-7-5-3-4-6-8-16)17-10-9-15(14-19-17)13-18-11-12-21-2/h9-10,14,16,18H,3-8,11-13H2,1-2H3. The van der Waals surface area contributed by atoms with Crippen molar-refractivity contribution >= 4 is 5.82 Å². The molecule has 0 radical (unpaired) electrons. The number of anilines is 1. The van der Waals surface area contributed by atoms with E-state index in [1.54, 1.807) is 7.11 Å². The van der Waals surface area contributed by atoms with E-state index in [0.29, 0.717) is 6.04 Å². The Morgan fingerprint density at radius 2 is 2.00 bits per heavy atom. The van der Waals surface area contributed by atoms with E-state index in [9.17, 15) is 0 Å². The second-order valence-corrected chi connectivity index (χ2v) is 5.95. The van der Waals surface area contributed by atoms with E-state index >= 15 is 0 Å². The molecule has 0 amide bonds. The van der Waals surface area contributed by atoms with Gasteiger partial charge >= 0.3 is 0 Å². The summed E-state index contributed by atoms with van der Waals surface area (Å²) in [6.45, 7) is 2.47. The van der Waals surface area contributed by atoms with Crippen LogP contribution in [0.2, 0.25) is 0 Å². The highest BCUT2D eigenvalue weighted by molar-refractivity contribution is 5.39. The Morgan fingerprint density at radius 3 is 2.62 bits per heavy atom. The number of methoxy groups -OCH3 is 1. The van der Waals surface area contributed by atoms with E-state index in [-0.39, 0.29) is 0 Å². The number of ether oxygens (including phenoxy) is 1. The molecule has 0 saturated heterocycles. The molecule has 118 valence electrons. The Hall–Kier alpha value is -1.13. The van der Waals surface area contributed by atoms with Crippen molar-refractivity contribution in [1.82, 2.24) is 10.3 Å². The molecule has 1 saturated carbocycles. The number of rotatable bonds is 7. The van der Waals surface area contributed by atoms with Gasteiger partial charge in [-0.05, 0) is 24.5 Å². The largest absolute Gasteiger partial charge is 0.383 e. The molecule has 0 bridgehead atoms. The van der Waals surface area contributed by atoms with Crippen molar-refractivity contribution in [2.75, 3.05) is 32.2 Å². The minimum absolute atomic E-state index is 0.658. The zero-order valence-corrected chi connectivity index (χ0v) is 13.5. The molecule has 0 atom stereocenters. The number of pyridine rings is 1. The summed E-state index contributed by atoms with van der Waals surface area (Å²) >= 11 is 0. The van der Waals surface area contributed by atoms with Gasteiger partial charge in [0.15, 0.2) is 0 Å². The zero-order valence-electron chi connectivity index (χ0n) is 13.5. The Labute approximate surface area is 128 Å². The van der Waals surface area contributed by atoms with Gasteiger partial charge in [0.25, 0.3) is 0 Å². The van der Waals surface area contributed by atoms with E-state index in [2.05, 4.69) is 34.4 Å². The number of hydrogen-bond donors (Lipinski definition) is 1. The summed E-state index contributed by atoms with van der Waals surface area (Å²) in [5.74, 6) is 1.10. The minimum atomic E-state index is 0.658. The van der Waals surface area contributed by atoms with E-state index in [0.717, 1.165) is 25.5 Å². The van der Waals surface area contributed by atoms with Crippen LogP contribution in [-0.4, -0.2) is 38.3 Å². The monoisotopic (exact) mass is 291 g/mol. The maximum absolute atomic E-state index is 5.02. The van der Waals surface area contributed by atoms with Crippen LogP contribution in [0.5, 0.6) is 0 Å². The second kappa shape index (κ2) is 9.00. The van der Waals surface area contributed by atoms with Crippen LogP contribution in [0.1, 0.15) is 44.1 Å². The van der Waals surface area contributed by atoms with E-state index < -0.39 is 0 Å². The quantitative estimate of drug-likeness (QED) is 0.619. The summed E-state index contributed by atoms with van der Waals surface area (Å²) in [5.41, 5.74) is 1.23. The average molecular weight is 291 g/mol. The van der Waals surface area contributed by atoms with Gasteiger partial charge in [-0.25, -0.2) is 4.98 Å². The summed E-state index contributed by atoms with van der Waals surface area (Å²) in [6.07, 6.45) is 10.1. The molecule has 0 aliphatic heterocycles. The maximum Gasteiger partial charge on any atom is 0.128 e. The normalized spacial score (nSPS) is 16.7. The lowest BCUT2D eigenvalue weighted by molar-refractivity contribution is 0.199. The molecular weight excluding hydrogens is 262 g/mol. The Balaban J connectivity index is 1.85. The van der Waals surface area contributed by atoms with Crippen LogP contribution in [-0.2, 0) is 11.3 Å². The highest BCUT2D eigenvalue weighted by Crippen LogP contribution is 2.24. The Kier molecular flexibility index (Phi) is 6.96. The van der Waals surface area contributed by atoms with Crippen molar-refractivity contribution in [3.8, 4) is 0 Å². The van der Waals surface area contributed by atoms with Gasteiger partial charge in [0.1, 0.15) is 5.82 Å². The number of aromatic nitrogens is 1. The van der Waals surface area contributed by atoms with Crippen LogP contribution in [0.25, 0.3) is 0 Å². The first-order valence-corrected chi connectivity index (χ1v) is 8.18. The first kappa shape index (κ1) is 16.2. The molecule has 1 fully saturated rings. The lowest BCUT2D eigenvalue weighted by Crippen LogP contribution is -2.31. The third-order valence-electron chi connectivity index (χ3n) is 4.35. The molecule has 0 spiro atoms. The lowest BCUT2D eigenvalue weighted by atomic mass is 10.1. The van der Waals surface area contributed by atoms with Crippen molar-refractivity contribution in [3.63, 3.8) is 0 Å². The highest BCUT2D eigenvalue weighted by Gasteiger charge is 2.17. The molecule has 4 nitrogen and oxygen atoms in total. The molecule has 1 heterocycles. The van der Waals surface area contributed by atoms with E-state index in [1.165, 1.54) is 44.1 Å². The van der Waals surface area contributed by atoms with Crippen LogP contribution < -0.4 is 10.2 Å². The van der Waals surface area contributed by atoms with Crippen molar-refractivity contribution < 1.29 is 4.74 Å². The van der Waals surface area contributed by atoms with Gasteiger partial charge in [0.05, 0.1) is 6.61 Å². The fraction of sp³-hybridized carbons (Fsp3) is 0.706. The molecule has 0 unspecified atom stereocenters. The first-order valence-electron chi connectivity index (χ1n) is 8.18. The van der Waals surface area contributed by atoms with Gasteiger partial charge < -0.3 is 15.0 Å². The fourth-order valence-electron chi connectivity index (χ4n) is 2.97. The van der Waals surface area contributed by atoms with Gasteiger partial charge in [-0.2, -0.15) is 0 Å². The molecule has 4 heteroatoms. The van der Waals surface area contributed by atoms with Crippen molar-refractivity contribution in [2.24, 2.45) is 0 Å². The molecule has 1 aliphatic carbocycles. The van der Waals surface area contributed by atoms with Gasteiger partial charge in [0.2, 0.25) is 0 Å². The average Bonchev–Trinajstić information content (AvgIpc) is 2.81. The van der Waals surface area contributed by atoms with Crippen molar-refractivity contribution in [1.29, 1.82) is 0 Å². The van der Waals surface area contributed by atoms with Crippen molar-refractivity contribution in [2.45, 2.75) is 51.1 Å². The molecule has 1 N–H and O–H groups in total. The highest BCUT2D eigenvalue weighted by atomic mass is 16.5. The molecular formula is C17H29N3O. The van der Waals surface area contributed by atoms with Crippen LogP contribution in [0.15, 0.2) is 18.3 Å². The SMILES string of the molecule is COCCNCc1ccc(N(C)C2CCCCCC2)nc1. The predicted octanol–water partition coefficient (Wildman–Crippen LogP) is 2.98. The van der Waals surface area contributed by atoms with Gasteiger partial charge in [-0.3, -0.25) is 0 Å². The predicted molar refractivity (Wildman–Crippen MR) is 87.7 cm³/mol. The first-order chi connectivity index (χ1) is 10.3. The van der Waals surface area contributed by atoms with Gasteiger partial charge in [0, 0.05) is 39.5 Å². The van der Waals surface area contributed by atoms with Crippen LogP contribution in [0.3, 0.4) is 0 Å². The third kappa shape index (κ3) is 5.29.